The number of nitrogens with one attached hydrogen (secondary N) is 1. The van der Waals surface area contributed by atoms with E-state index in [1.165, 1.54) is 23.4 Å². The molecule has 12 heteroatoms. The van der Waals surface area contributed by atoms with Crippen molar-refractivity contribution in [3.63, 3.8) is 0 Å². The fourth-order valence-corrected chi connectivity index (χ4v) is 4.31. The number of aromatic nitrogens is 7. The van der Waals surface area contributed by atoms with E-state index in [0.717, 1.165) is 12.1 Å². The molecule has 32 heavy (non-hydrogen) atoms. The predicted molar refractivity (Wildman–Crippen MR) is 121 cm³/mol. The summed E-state index contributed by atoms with van der Waals surface area (Å²) in [5.41, 5.74) is 2.70. The molecular formula is C20H19Cl2N9O. The summed E-state index contributed by atoms with van der Waals surface area (Å²) in [7, 11) is 0. The fraction of sp³-hybridized carbons (Fsp3) is 0.300. The van der Waals surface area contributed by atoms with Crippen LogP contribution in [0.25, 0.3) is 11.5 Å². The number of carbonyl (C=O) groups is 1. The second-order valence-corrected chi connectivity index (χ2v) is 8.54. The maximum Gasteiger partial charge on any atom is 0.326 e. The lowest BCUT2D eigenvalue weighted by Crippen LogP contribution is -2.36. The summed E-state index contributed by atoms with van der Waals surface area (Å²) in [5.74, 6) is 0.859. The summed E-state index contributed by atoms with van der Waals surface area (Å²) in [6.07, 6.45) is 7.10. The first kappa shape index (κ1) is 20.7. The lowest BCUT2D eigenvalue weighted by molar-refractivity contribution is 0.256. The summed E-state index contributed by atoms with van der Waals surface area (Å²) in [5, 5.41) is 16.0. The van der Waals surface area contributed by atoms with Crippen molar-refractivity contribution in [3.05, 3.63) is 52.8 Å². The van der Waals surface area contributed by atoms with Gasteiger partial charge in [0.2, 0.25) is 0 Å². The molecule has 0 aromatic carbocycles. The second-order valence-electron chi connectivity index (χ2n) is 7.75. The predicted octanol–water partition coefficient (Wildman–Crippen LogP) is 4.19. The number of rotatable bonds is 2. The van der Waals surface area contributed by atoms with Crippen LogP contribution < -0.4 is 10.2 Å². The molecule has 0 bridgehead atoms. The van der Waals surface area contributed by atoms with Crippen LogP contribution in [0.3, 0.4) is 0 Å². The molecule has 2 amide bonds. The number of fused-ring (bicyclic) bond motifs is 3. The topological polar surface area (TPSA) is 106 Å². The Hall–Kier alpha value is -3.24. The minimum absolute atomic E-state index is 0.154. The summed E-state index contributed by atoms with van der Waals surface area (Å²) in [6, 6.07) is 3.01. The summed E-state index contributed by atoms with van der Waals surface area (Å²) < 4.78 is 1.73. The third-order valence-corrected chi connectivity index (χ3v) is 6.24. The van der Waals surface area contributed by atoms with E-state index in [-0.39, 0.29) is 11.9 Å². The molecule has 0 saturated carbocycles. The van der Waals surface area contributed by atoms with E-state index in [9.17, 15) is 4.79 Å². The smallest absolute Gasteiger partial charge is 0.306 e. The second kappa shape index (κ2) is 8.03. The SMILES string of the molecule is CC1CCN(C(=O)Nc2cnc(-n3nccn3)c(Cl)c2)c2cnc3cc(Cl)nn3c2[C@@H]1C. The van der Waals surface area contributed by atoms with Crippen LogP contribution in [0.5, 0.6) is 0 Å². The Bertz CT molecular complexity index is 1300. The van der Waals surface area contributed by atoms with Gasteiger partial charge in [-0.2, -0.15) is 15.3 Å². The number of amides is 2. The summed E-state index contributed by atoms with van der Waals surface area (Å²) in [6.45, 7) is 4.83. The van der Waals surface area contributed by atoms with Gasteiger partial charge in [0.25, 0.3) is 0 Å². The first-order chi connectivity index (χ1) is 15.4. The minimum atomic E-state index is -0.310. The highest BCUT2D eigenvalue weighted by molar-refractivity contribution is 6.32. The van der Waals surface area contributed by atoms with Gasteiger partial charge in [0.05, 0.1) is 46.9 Å². The molecule has 0 fully saturated rings. The zero-order chi connectivity index (χ0) is 22.4. The Labute approximate surface area is 193 Å². The zero-order valence-electron chi connectivity index (χ0n) is 17.3. The Balaban J connectivity index is 1.48. The van der Waals surface area contributed by atoms with E-state index < -0.39 is 0 Å². The van der Waals surface area contributed by atoms with Crippen LogP contribution in [-0.4, -0.2) is 47.2 Å². The Morgan fingerprint density at radius 1 is 1.12 bits per heavy atom. The summed E-state index contributed by atoms with van der Waals surface area (Å²) in [4.78, 5) is 25.0. The standard InChI is InChI=1S/C20H19Cl2N9O/c1-11-3-6-29(15-10-23-17-8-16(22)28-30(17)18(15)12(11)2)20(32)27-13-7-14(21)19(24-9-13)31-25-4-5-26-31/h4-5,7-12H,3,6H2,1-2H3,(H,27,32)/t11?,12-/m1/s1. The summed E-state index contributed by atoms with van der Waals surface area (Å²) >= 11 is 12.5. The van der Waals surface area contributed by atoms with Crippen molar-refractivity contribution < 1.29 is 4.79 Å². The Morgan fingerprint density at radius 2 is 1.91 bits per heavy atom. The lowest BCUT2D eigenvalue weighted by Gasteiger charge is -2.23. The van der Waals surface area contributed by atoms with Crippen LogP contribution in [0.2, 0.25) is 10.2 Å². The first-order valence-electron chi connectivity index (χ1n) is 10.1. The van der Waals surface area contributed by atoms with Crippen molar-refractivity contribution in [1.82, 2.24) is 34.6 Å². The van der Waals surface area contributed by atoms with Gasteiger partial charge in [0, 0.05) is 18.5 Å². The fourth-order valence-electron chi connectivity index (χ4n) is 3.89. The van der Waals surface area contributed by atoms with Gasteiger partial charge in [-0.15, -0.1) is 4.80 Å². The molecule has 1 aliphatic heterocycles. The van der Waals surface area contributed by atoms with Crippen molar-refractivity contribution in [2.45, 2.75) is 26.2 Å². The van der Waals surface area contributed by atoms with Crippen LogP contribution in [0.15, 0.2) is 36.9 Å². The molecule has 10 nitrogen and oxygen atoms in total. The van der Waals surface area contributed by atoms with Crippen molar-refractivity contribution in [2.75, 3.05) is 16.8 Å². The average Bonchev–Trinajstić information content (AvgIpc) is 3.39. The Morgan fingerprint density at radius 3 is 2.66 bits per heavy atom. The highest BCUT2D eigenvalue weighted by Crippen LogP contribution is 2.37. The number of nitrogens with zero attached hydrogens (tertiary/aromatic N) is 8. The van der Waals surface area contributed by atoms with Gasteiger partial charge in [0.15, 0.2) is 16.6 Å². The molecule has 4 aromatic heterocycles. The number of hydrogen-bond donors (Lipinski definition) is 1. The number of pyridine rings is 1. The van der Waals surface area contributed by atoms with Gasteiger partial charge in [-0.25, -0.2) is 19.3 Å². The van der Waals surface area contributed by atoms with Crippen LogP contribution in [0.1, 0.15) is 31.9 Å². The number of carbonyl (C=O) groups excluding carboxylic acids is 1. The largest absolute Gasteiger partial charge is 0.326 e. The molecule has 1 N–H and O–H groups in total. The number of hydrogen-bond acceptors (Lipinski definition) is 6. The Kier molecular flexibility index (Phi) is 5.18. The first-order valence-corrected chi connectivity index (χ1v) is 10.8. The molecule has 0 spiro atoms. The molecular weight excluding hydrogens is 453 g/mol. The lowest BCUT2D eigenvalue weighted by atomic mass is 9.90. The van der Waals surface area contributed by atoms with E-state index >= 15 is 0 Å². The van der Waals surface area contributed by atoms with E-state index in [1.807, 2.05) is 0 Å². The molecule has 1 aliphatic rings. The van der Waals surface area contributed by atoms with Crippen LogP contribution in [0, 0.1) is 5.92 Å². The van der Waals surface area contributed by atoms with Gasteiger partial charge < -0.3 is 5.32 Å². The van der Waals surface area contributed by atoms with E-state index in [0.29, 0.717) is 45.5 Å². The monoisotopic (exact) mass is 471 g/mol. The highest BCUT2D eigenvalue weighted by atomic mass is 35.5. The maximum absolute atomic E-state index is 13.3. The van der Waals surface area contributed by atoms with Gasteiger partial charge in [0.1, 0.15) is 0 Å². The molecule has 5 rings (SSSR count). The molecule has 4 aromatic rings. The van der Waals surface area contributed by atoms with Gasteiger partial charge in [-0.05, 0) is 18.4 Å². The third-order valence-electron chi connectivity index (χ3n) is 5.78. The maximum atomic E-state index is 13.3. The number of urea groups is 1. The normalized spacial score (nSPS) is 18.4. The van der Waals surface area contributed by atoms with Gasteiger partial charge in [-0.1, -0.05) is 37.0 Å². The van der Waals surface area contributed by atoms with Crippen molar-refractivity contribution >= 4 is 46.3 Å². The molecule has 0 aliphatic carbocycles. The van der Waals surface area contributed by atoms with E-state index in [4.69, 9.17) is 23.2 Å². The quantitative estimate of drug-likeness (QED) is 0.469. The van der Waals surface area contributed by atoms with Crippen LogP contribution in [-0.2, 0) is 0 Å². The molecule has 1 unspecified atom stereocenters. The van der Waals surface area contributed by atoms with Crippen molar-refractivity contribution in [3.8, 4) is 5.82 Å². The molecule has 164 valence electrons. The molecule has 2 atom stereocenters. The number of halogens is 2. The molecule has 0 saturated heterocycles. The average molecular weight is 472 g/mol. The van der Waals surface area contributed by atoms with E-state index in [1.54, 1.807) is 27.7 Å². The zero-order valence-corrected chi connectivity index (χ0v) is 18.8. The van der Waals surface area contributed by atoms with Gasteiger partial charge >= 0.3 is 6.03 Å². The molecule has 5 heterocycles. The van der Waals surface area contributed by atoms with Crippen molar-refractivity contribution in [1.29, 1.82) is 0 Å². The van der Waals surface area contributed by atoms with Crippen LogP contribution in [0.4, 0.5) is 16.2 Å². The van der Waals surface area contributed by atoms with Crippen molar-refractivity contribution in [2.24, 2.45) is 5.92 Å². The van der Waals surface area contributed by atoms with Gasteiger partial charge in [-0.3, -0.25) is 4.90 Å². The van der Waals surface area contributed by atoms with Crippen LogP contribution >= 0.6 is 23.2 Å². The number of anilines is 2. The third kappa shape index (κ3) is 3.55. The minimum Gasteiger partial charge on any atom is -0.306 e. The molecule has 0 radical (unpaired) electrons. The van der Waals surface area contributed by atoms with E-state index in [2.05, 4.69) is 44.4 Å². The highest BCUT2D eigenvalue weighted by Gasteiger charge is 2.31.